The monoisotopic (exact) mass is 280 g/mol. The largest absolute Gasteiger partial charge is 0.497 e. The molecular formula is C13H17FN4O2. The second kappa shape index (κ2) is 6.33. The number of ether oxygens (including phenoxy) is 1. The Hall–Kier alpha value is -2.15. The van der Waals surface area contributed by atoms with Gasteiger partial charge in [-0.2, -0.15) is 0 Å². The van der Waals surface area contributed by atoms with Crippen molar-refractivity contribution in [1.29, 1.82) is 0 Å². The number of nitrogens with one attached hydrogen (secondary N) is 2. The third-order valence-electron chi connectivity index (χ3n) is 2.74. The van der Waals surface area contributed by atoms with Gasteiger partial charge in [-0.05, 0) is 25.6 Å². The predicted octanol–water partition coefficient (Wildman–Crippen LogP) is 2.63. The van der Waals surface area contributed by atoms with Gasteiger partial charge in [-0.15, -0.1) is 5.10 Å². The van der Waals surface area contributed by atoms with E-state index in [1.165, 1.54) is 25.3 Å². The van der Waals surface area contributed by atoms with Gasteiger partial charge < -0.3 is 19.8 Å². The number of hydrogen-bond acceptors (Lipinski definition) is 6. The summed E-state index contributed by atoms with van der Waals surface area (Å²) in [6, 6.07) is 4.44. The van der Waals surface area contributed by atoms with Crippen molar-refractivity contribution in [3.05, 3.63) is 29.9 Å². The Bertz CT molecular complexity index is 573. The number of methoxy groups -OCH3 is 1. The van der Waals surface area contributed by atoms with Crippen LogP contribution in [0.2, 0.25) is 0 Å². The molecule has 108 valence electrons. The van der Waals surface area contributed by atoms with E-state index in [0.717, 1.165) is 6.54 Å². The molecule has 2 aromatic rings. The first-order chi connectivity index (χ1) is 9.63. The maximum Gasteiger partial charge on any atom is 0.320 e. The van der Waals surface area contributed by atoms with Gasteiger partial charge in [-0.3, -0.25) is 0 Å². The Morgan fingerprint density at radius 3 is 2.90 bits per heavy atom. The van der Waals surface area contributed by atoms with E-state index in [2.05, 4.69) is 20.8 Å². The van der Waals surface area contributed by atoms with Gasteiger partial charge in [0, 0.05) is 6.07 Å². The zero-order chi connectivity index (χ0) is 14.5. The number of aromatic nitrogens is 2. The molecule has 1 aromatic carbocycles. The number of nitrogens with zero attached hydrogens (tertiary/aromatic N) is 2. The van der Waals surface area contributed by atoms with Crippen LogP contribution in [0.25, 0.3) is 0 Å². The molecule has 20 heavy (non-hydrogen) atoms. The van der Waals surface area contributed by atoms with Crippen LogP contribution in [0.5, 0.6) is 5.75 Å². The lowest BCUT2D eigenvalue weighted by atomic mass is 10.3. The molecule has 0 saturated carbocycles. The maximum atomic E-state index is 13.7. The molecule has 0 bridgehead atoms. The molecule has 0 saturated heterocycles. The van der Waals surface area contributed by atoms with Crippen LogP contribution >= 0.6 is 0 Å². The molecule has 0 aliphatic carbocycles. The van der Waals surface area contributed by atoms with Gasteiger partial charge in [0.25, 0.3) is 0 Å². The zero-order valence-corrected chi connectivity index (χ0v) is 11.6. The molecule has 1 unspecified atom stereocenters. The summed E-state index contributed by atoms with van der Waals surface area (Å²) in [5.41, 5.74) is 0.218. The second-order valence-electron chi connectivity index (χ2n) is 4.20. The number of anilines is 2. The van der Waals surface area contributed by atoms with Crippen molar-refractivity contribution in [1.82, 2.24) is 15.5 Å². The van der Waals surface area contributed by atoms with Crippen LogP contribution in [0, 0.1) is 5.82 Å². The van der Waals surface area contributed by atoms with Crippen LogP contribution in [0.3, 0.4) is 0 Å². The lowest BCUT2D eigenvalue weighted by molar-refractivity contribution is 0.414. The molecule has 0 radical (unpaired) electrons. The highest BCUT2D eigenvalue weighted by Crippen LogP contribution is 2.24. The van der Waals surface area contributed by atoms with Crippen molar-refractivity contribution in [3.8, 4) is 5.75 Å². The first kappa shape index (κ1) is 14.3. The molecule has 6 nitrogen and oxygen atoms in total. The Balaban J connectivity index is 2.14. The molecule has 0 spiro atoms. The summed E-state index contributed by atoms with van der Waals surface area (Å²) < 4.78 is 24.1. The van der Waals surface area contributed by atoms with Gasteiger partial charge in [0.2, 0.25) is 5.89 Å². The summed E-state index contributed by atoms with van der Waals surface area (Å²) in [6.07, 6.45) is 0. The summed E-state index contributed by atoms with van der Waals surface area (Å²) in [5, 5.41) is 13.6. The topological polar surface area (TPSA) is 72.2 Å². The summed E-state index contributed by atoms with van der Waals surface area (Å²) in [4.78, 5) is 0. The van der Waals surface area contributed by atoms with Crippen molar-refractivity contribution in [2.75, 3.05) is 19.0 Å². The fraction of sp³-hybridized carbons (Fsp3) is 0.385. The predicted molar refractivity (Wildman–Crippen MR) is 72.6 cm³/mol. The third kappa shape index (κ3) is 3.24. The van der Waals surface area contributed by atoms with Crippen molar-refractivity contribution in [2.24, 2.45) is 0 Å². The van der Waals surface area contributed by atoms with E-state index in [1.54, 1.807) is 0 Å². The van der Waals surface area contributed by atoms with Gasteiger partial charge >= 0.3 is 6.01 Å². The van der Waals surface area contributed by atoms with E-state index in [4.69, 9.17) is 9.15 Å². The summed E-state index contributed by atoms with van der Waals surface area (Å²) >= 11 is 0. The SMILES string of the molecule is CCNC(C)c1nnc(Nc2cc(OC)ccc2F)o1. The van der Waals surface area contributed by atoms with Crippen molar-refractivity contribution in [3.63, 3.8) is 0 Å². The lowest BCUT2D eigenvalue weighted by Gasteiger charge is -2.07. The Labute approximate surface area is 116 Å². The summed E-state index contributed by atoms with van der Waals surface area (Å²) in [7, 11) is 1.51. The number of halogens is 1. The summed E-state index contributed by atoms with van der Waals surface area (Å²) in [6.45, 7) is 4.68. The highest BCUT2D eigenvalue weighted by molar-refractivity contribution is 5.55. The highest BCUT2D eigenvalue weighted by Gasteiger charge is 2.14. The van der Waals surface area contributed by atoms with Crippen molar-refractivity contribution < 1.29 is 13.5 Å². The van der Waals surface area contributed by atoms with E-state index in [0.29, 0.717) is 11.6 Å². The van der Waals surface area contributed by atoms with Crippen LogP contribution in [-0.2, 0) is 0 Å². The summed E-state index contributed by atoms with van der Waals surface area (Å²) in [5.74, 6) is 0.553. The van der Waals surface area contributed by atoms with Crippen LogP contribution in [0.4, 0.5) is 16.1 Å². The molecule has 2 N–H and O–H groups in total. The van der Waals surface area contributed by atoms with Crippen LogP contribution < -0.4 is 15.4 Å². The van der Waals surface area contributed by atoms with E-state index < -0.39 is 5.82 Å². The third-order valence-corrected chi connectivity index (χ3v) is 2.74. The minimum Gasteiger partial charge on any atom is -0.497 e. The standard InChI is InChI=1S/C13H17FN4O2/c1-4-15-8(2)12-17-18-13(20-12)16-11-7-9(19-3)5-6-10(11)14/h5-8,15H,4H2,1-3H3,(H,16,18). The maximum absolute atomic E-state index is 13.7. The molecule has 0 aliphatic heterocycles. The van der Waals surface area contributed by atoms with Crippen LogP contribution in [-0.4, -0.2) is 23.9 Å². The fourth-order valence-electron chi connectivity index (χ4n) is 1.70. The lowest BCUT2D eigenvalue weighted by Crippen LogP contribution is -2.17. The quantitative estimate of drug-likeness (QED) is 0.847. The Morgan fingerprint density at radius 1 is 1.40 bits per heavy atom. The van der Waals surface area contributed by atoms with Gasteiger partial charge in [-0.25, -0.2) is 4.39 Å². The highest BCUT2D eigenvalue weighted by atomic mass is 19.1. The van der Waals surface area contributed by atoms with Crippen molar-refractivity contribution in [2.45, 2.75) is 19.9 Å². The second-order valence-corrected chi connectivity index (χ2v) is 4.20. The first-order valence-corrected chi connectivity index (χ1v) is 6.31. The smallest absolute Gasteiger partial charge is 0.320 e. The minimum atomic E-state index is -0.426. The van der Waals surface area contributed by atoms with E-state index >= 15 is 0 Å². The van der Waals surface area contributed by atoms with E-state index in [9.17, 15) is 4.39 Å². The number of hydrogen-bond donors (Lipinski definition) is 2. The minimum absolute atomic E-state index is 0.0572. The zero-order valence-electron chi connectivity index (χ0n) is 11.6. The molecule has 2 rings (SSSR count). The molecular weight excluding hydrogens is 263 g/mol. The Morgan fingerprint density at radius 2 is 2.20 bits per heavy atom. The van der Waals surface area contributed by atoms with E-state index in [1.807, 2.05) is 13.8 Å². The molecule has 0 aliphatic rings. The average molecular weight is 280 g/mol. The molecule has 7 heteroatoms. The number of rotatable bonds is 6. The van der Waals surface area contributed by atoms with Gasteiger partial charge in [0.15, 0.2) is 0 Å². The van der Waals surface area contributed by atoms with Crippen LogP contribution in [0.15, 0.2) is 22.6 Å². The molecule has 0 fully saturated rings. The average Bonchev–Trinajstić information content (AvgIpc) is 2.90. The van der Waals surface area contributed by atoms with Gasteiger partial charge in [0.1, 0.15) is 11.6 Å². The molecule has 1 aromatic heterocycles. The molecule has 1 atom stereocenters. The van der Waals surface area contributed by atoms with Crippen molar-refractivity contribution >= 4 is 11.7 Å². The van der Waals surface area contributed by atoms with E-state index in [-0.39, 0.29) is 17.7 Å². The number of benzene rings is 1. The molecule has 0 amide bonds. The first-order valence-electron chi connectivity index (χ1n) is 6.31. The Kier molecular flexibility index (Phi) is 4.52. The van der Waals surface area contributed by atoms with Gasteiger partial charge in [-0.1, -0.05) is 12.0 Å². The fourth-order valence-corrected chi connectivity index (χ4v) is 1.70. The normalized spacial score (nSPS) is 12.2. The van der Waals surface area contributed by atoms with Crippen LogP contribution in [0.1, 0.15) is 25.8 Å². The molecule has 1 heterocycles. The van der Waals surface area contributed by atoms with Gasteiger partial charge in [0.05, 0.1) is 18.8 Å².